The highest BCUT2D eigenvalue weighted by Gasteiger charge is 2.16. The molecule has 3 aromatic rings. The maximum Gasteiger partial charge on any atom is 0.256 e. The summed E-state index contributed by atoms with van der Waals surface area (Å²) in [5.74, 6) is 0.216. The van der Waals surface area contributed by atoms with E-state index in [1.165, 1.54) is 0 Å². The number of nitrogens with zero attached hydrogens (tertiary/aromatic N) is 2. The molecular formula is C25H23ClN4O2. The third kappa shape index (κ3) is 4.81. The van der Waals surface area contributed by atoms with Crippen molar-refractivity contribution < 1.29 is 9.59 Å². The number of hydrogen-bond acceptors (Lipinski definition) is 3. The number of aromatic nitrogens is 2. The Labute approximate surface area is 191 Å². The Morgan fingerprint density at radius 3 is 2.38 bits per heavy atom. The van der Waals surface area contributed by atoms with Crippen molar-refractivity contribution in [3.8, 4) is 11.3 Å². The molecule has 1 aliphatic rings. The van der Waals surface area contributed by atoms with Crippen molar-refractivity contribution >= 4 is 34.9 Å². The number of amides is 2. The van der Waals surface area contributed by atoms with Gasteiger partial charge in [-0.05, 0) is 44.0 Å². The van der Waals surface area contributed by atoms with Gasteiger partial charge in [-0.2, -0.15) is 5.10 Å². The van der Waals surface area contributed by atoms with Crippen LogP contribution in [-0.4, -0.2) is 21.6 Å². The lowest BCUT2D eigenvalue weighted by Crippen LogP contribution is -2.15. The van der Waals surface area contributed by atoms with Gasteiger partial charge in [0.25, 0.3) is 11.8 Å². The van der Waals surface area contributed by atoms with Crippen LogP contribution in [0.25, 0.3) is 11.3 Å². The molecule has 0 fully saturated rings. The summed E-state index contributed by atoms with van der Waals surface area (Å²) in [5.41, 5.74) is 3.36. The van der Waals surface area contributed by atoms with Crippen LogP contribution in [0.5, 0.6) is 0 Å². The SMILES string of the molecule is CCn1nc(-c2ccc(NC(=O)C3=CCCC=C3Cl)cc2)cc1NC(=O)c1ccccc1. The smallest absolute Gasteiger partial charge is 0.256 e. The van der Waals surface area contributed by atoms with E-state index in [1.54, 1.807) is 16.8 Å². The summed E-state index contributed by atoms with van der Waals surface area (Å²) in [5, 5.41) is 10.9. The first kappa shape index (κ1) is 21.6. The van der Waals surface area contributed by atoms with E-state index in [4.69, 9.17) is 11.6 Å². The van der Waals surface area contributed by atoms with Gasteiger partial charge in [0, 0.05) is 34.5 Å². The largest absolute Gasteiger partial charge is 0.322 e. The van der Waals surface area contributed by atoms with E-state index >= 15 is 0 Å². The predicted octanol–water partition coefficient (Wildman–Crippen LogP) is 5.60. The highest BCUT2D eigenvalue weighted by atomic mass is 35.5. The Hall–Kier alpha value is -3.64. The summed E-state index contributed by atoms with van der Waals surface area (Å²) in [6, 6.07) is 18.3. The molecule has 1 heterocycles. The molecule has 0 spiro atoms. The van der Waals surface area contributed by atoms with E-state index in [-0.39, 0.29) is 11.8 Å². The van der Waals surface area contributed by atoms with Crippen molar-refractivity contribution in [1.29, 1.82) is 0 Å². The molecular weight excluding hydrogens is 424 g/mol. The molecule has 162 valence electrons. The first-order valence-electron chi connectivity index (χ1n) is 10.5. The summed E-state index contributed by atoms with van der Waals surface area (Å²) in [7, 11) is 0. The van der Waals surface area contributed by atoms with E-state index in [9.17, 15) is 9.59 Å². The molecule has 0 aliphatic heterocycles. The highest BCUT2D eigenvalue weighted by molar-refractivity contribution is 6.36. The van der Waals surface area contributed by atoms with Crippen LogP contribution in [0, 0.1) is 0 Å². The van der Waals surface area contributed by atoms with Crippen LogP contribution >= 0.6 is 11.6 Å². The van der Waals surface area contributed by atoms with Crippen molar-refractivity contribution in [2.75, 3.05) is 10.6 Å². The van der Waals surface area contributed by atoms with E-state index in [1.807, 2.05) is 67.6 Å². The van der Waals surface area contributed by atoms with Gasteiger partial charge >= 0.3 is 0 Å². The summed E-state index contributed by atoms with van der Waals surface area (Å²) in [6.45, 7) is 2.58. The number of benzene rings is 2. The molecule has 1 aliphatic carbocycles. The first-order valence-corrected chi connectivity index (χ1v) is 10.8. The molecule has 7 heteroatoms. The number of hydrogen-bond donors (Lipinski definition) is 2. The number of anilines is 2. The summed E-state index contributed by atoms with van der Waals surface area (Å²) in [6.07, 6.45) is 5.37. The van der Waals surface area contributed by atoms with E-state index in [2.05, 4.69) is 15.7 Å². The Kier molecular flexibility index (Phi) is 6.52. The first-order chi connectivity index (χ1) is 15.5. The minimum absolute atomic E-state index is 0.186. The molecule has 0 unspecified atom stereocenters. The van der Waals surface area contributed by atoms with Gasteiger partial charge < -0.3 is 10.6 Å². The lowest BCUT2D eigenvalue weighted by Gasteiger charge is -2.11. The van der Waals surface area contributed by atoms with Crippen molar-refractivity contribution in [3.63, 3.8) is 0 Å². The van der Waals surface area contributed by atoms with Crippen molar-refractivity contribution in [2.45, 2.75) is 26.3 Å². The fourth-order valence-electron chi connectivity index (χ4n) is 3.45. The normalized spacial score (nSPS) is 13.2. The molecule has 1 aromatic heterocycles. The fourth-order valence-corrected chi connectivity index (χ4v) is 3.72. The Morgan fingerprint density at radius 1 is 0.969 bits per heavy atom. The van der Waals surface area contributed by atoms with Crippen LogP contribution in [0.2, 0.25) is 0 Å². The maximum atomic E-state index is 12.5. The molecule has 32 heavy (non-hydrogen) atoms. The van der Waals surface area contributed by atoms with Gasteiger partial charge in [0.15, 0.2) is 0 Å². The zero-order chi connectivity index (χ0) is 22.5. The van der Waals surface area contributed by atoms with Gasteiger partial charge in [0.1, 0.15) is 5.82 Å². The van der Waals surface area contributed by atoms with Crippen LogP contribution in [0.3, 0.4) is 0 Å². The fraction of sp³-hybridized carbons (Fsp3) is 0.160. The topological polar surface area (TPSA) is 76.0 Å². The molecule has 2 aromatic carbocycles. The van der Waals surface area contributed by atoms with Gasteiger partial charge in [0.05, 0.1) is 11.3 Å². The third-order valence-electron chi connectivity index (χ3n) is 5.14. The van der Waals surface area contributed by atoms with Crippen LogP contribution in [-0.2, 0) is 11.3 Å². The van der Waals surface area contributed by atoms with Crippen LogP contribution in [0.15, 0.2) is 83.4 Å². The van der Waals surface area contributed by atoms with Crippen molar-refractivity contribution in [2.24, 2.45) is 0 Å². The van der Waals surface area contributed by atoms with Crippen molar-refractivity contribution in [1.82, 2.24) is 9.78 Å². The average molecular weight is 447 g/mol. The molecule has 0 radical (unpaired) electrons. The van der Waals surface area contributed by atoms with Gasteiger partial charge in [0.2, 0.25) is 0 Å². The van der Waals surface area contributed by atoms with Gasteiger partial charge in [-0.15, -0.1) is 0 Å². The summed E-state index contributed by atoms with van der Waals surface area (Å²) >= 11 is 6.15. The molecule has 2 N–H and O–H groups in total. The molecule has 0 bridgehead atoms. The minimum atomic E-state index is -0.222. The summed E-state index contributed by atoms with van der Waals surface area (Å²) in [4.78, 5) is 25.0. The Bertz CT molecular complexity index is 1190. The monoisotopic (exact) mass is 446 g/mol. The highest BCUT2D eigenvalue weighted by Crippen LogP contribution is 2.26. The van der Waals surface area contributed by atoms with E-state index < -0.39 is 0 Å². The number of rotatable bonds is 6. The number of carbonyl (C=O) groups is 2. The lowest BCUT2D eigenvalue weighted by atomic mass is 10.1. The summed E-state index contributed by atoms with van der Waals surface area (Å²) < 4.78 is 1.75. The number of carbonyl (C=O) groups excluding carboxylic acids is 2. The average Bonchev–Trinajstić information content (AvgIpc) is 3.23. The number of halogens is 1. The number of allylic oxidation sites excluding steroid dienone is 2. The molecule has 0 atom stereocenters. The van der Waals surface area contributed by atoms with E-state index in [0.29, 0.717) is 34.2 Å². The minimum Gasteiger partial charge on any atom is -0.322 e. The molecule has 2 amide bonds. The van der Waals surface area contributed by atoms with Crippen LogP contribution < -0.4 is 10.6 Å². The van der Waals surface area contributed by atoms with Gasteiger partial charge in [-0.1, -0.05) is 54.1 Å². The Morgan fingerprint density at radius 2 is 1.69 bits per heavy atom. The molecule has 6 nitrogen and oxygen atoms in total. The second kappa shape index (κ2) is 9.66. The standard InChI is InChI=1S/C25H23ClN4O2/c1-2-30-23(28-24(31)18-8-4-3-5-9-18)16-22(29-30)17-12-14-19(15-13-17)27-25(32)20-10-6-7-11-21(20)26/h3-5,8-16H,2,6-7H2,1H3,(H,27,32)(H,28,31). The van der Waals surface area contributed by atoms with E-state index in [0.717, 1.165) is 24.1 Å². The second-order valence-electron chi connectivity index (χ2n) is 7.33. The van der Waals surface area contributed by atoms with Gasteiger partial charge in [-0.25, -0.2) is 4.68 Å². The van der Waals surface area contributed by atoms with Gasteiger partial charge in [-0.3, -0.25) is 9.59 Å². The maximum absolute atomic E-state index is 12.5. The second-order valence-corrected chi connectivity index (χ2v) is 7.74. The predicted molar refractivity (Wildman–Crippen MR) is 128 cm³/mol. The third-order valence-corrected chi connectivity index (χ3v) is 5.49. The van der Waals surface area contributed by atoms with Crippen LogP contribution in [0.1, 0.15) is 30.1 Å². The zero-order valence-electron chi connectivity index (χ0n) is 17.6. The number of aryl methyl sites for hydroxylation is 1. The quantitative estimate of drug-likeness (QED) is 0.517. The molecule has 0 saturated carbocycles. The number of nitrogens with one attached hydrogen (secondary N) is 2. The molecule has 0 saturated heterocycles. The zero-order valence-corrected chi connectivity index (χ0v) is 18.4. The Balaban J connectivity index is 1.48. The molecule has 4 rings (SSSR count). The van der Waals surface area contributed by atoms with Crippen LogP contribution in [0.4, 0.5) is 11.5 Å². The van der Waals surface area contributed by atoms with Crippen molar-refractivity contribution in [3.05, 3.63) is 89.0 Å². The lowest BCUT2D eigenvalue weighted by molar-refractivity contribution is -0.112.